The van der Waals surface area contributed by atoms with Crippen molar-refractivity contribution in [1.82, 2.24) is 19.9 Å². The number of aryl methyl sites for hydroxylation is 1. The van der Waals surface area contributed by atoms with Crippen molar-refractivity contribution < 1.29 is 4.79 Å². The first kappa shape index (κ1) is 17.4. The van der Waals surface area contributed by atoms with E-state index in [1.54, 1.807) is 10.7 Å². The van der Waals surface area contributed by atoms with E-state index in [9.17, 15) is 4.79 Å². The zero-order valence-corrected chi connectivity index (χ0v) is 15.6. The molecule has 138 valence electrons. The first-order valence-electron chi connectivity index (χ1n) is 9.22. The molecule has 27 heavy (non-hydrogen) atoms. The second kappa shape index (κ2) is 7.32. The molecule has 0 saturated carbocycles. The van der Waals surface area contributed by atoms with Crippen molar-refractivity contribution in [3.05, 3.63) is 71.5 Å². The summed E-state index contributed by atoms with van der Waals surface area (Å²) in [7, 11) is 2.12. The number of nitrogens with one attached hydrogen (secondary N) is 1. The van der Waals surface area contributed by atoms with Crippen LogP contribution in [-0.4, -0.2) is 39.4 Å². The monoisotopic (exact) mass is 361 g/mol. The van der Waals surface area contributed by atoms with Gasteiger partial charge in [0, 0.05) is 11.3 Å². The van der Waals surface area contributed by atoms with E-state index >= 15 is 0 Å². The fourth-order valence-electron chi connectivity index (χ4n) is 3.54. The molecule has 1 aromatic heterocycles. The summed E-state index contributed by atoms with van der Waals surface area (Å²) in [5.41, 5.74) is 4.24. The molecule has 1 aliphatic rings. The van der Waals surface area contributed by atoms with Gasteiger partial charge in [-0.25, -0.2) is 4.68 Å². The Morgan fingerprint density at radius 2 is 2.04 bits per heavy atom. The van der Waals surface area contributed by atoms with Crippen LogP contribution in [0.2, 0.25) is 0 Å². The van der Waals surface area contributed by atoms with E-state index in [-0.39, 0.29) is 5.91 Å². The van der Waals surface area contributed by atoms with Crippen molar-refractivity contribution in [3.63, 3.8) is 0 Å². The van der Waals surface area contributed by atoms with Crippen LogP contribution in [0.15, 0.2) is 54.7 Å². The molecular formula is C21H23N5O. The lowest BCUT2D eigenvalue weighted by Crippen LogP contribution is -2.17. The van der Waals surface area contributed by atoms with E-state index in [1.165, 1.54) is 6.42 Å². The van der Waals surface area contributed by atoms with Crippen LogP contribution in [0.4, 0.5) is 5.69 Å². The molecule has 1 N–H and O–H groups in total. The Balaban J connectivity index is 1.55. The van der Waals surface area contributed by atoms with Gasteiger partial charge in [-0.3, -0.25) is 9.69 Å². The Labute approximate surface area is 158 Å². The zero-order valence-electron chi connectivity index (χ0n) is 15.6. The van der Waals surface area contributed by atoms with Crippen molar-refractivity contribution in [2.45, 2.75) is 25.8 Å². The highest BCUT2D eigenvalue weighted by Crippen LogP contribution is 2.29. The maximum Gasteiger partial charge on any atom is 0.255 e. The molecular weight excluding hydrogens is 338 g/mol. The van der Waals surface area contributed by atoms with Crippen molar-refractivity contribution in [2.75, 3.05) is 18.9 Å². The third kappa shape index (κ3) is 3.61. The molecule has 4 rings (SSSR count). The molecule has 1 amide bonds. The normalized spacial score (nSPS) is 17.2. The highest BCUT2D eigenvalue weighted by atomic mass is 16.1. The molecule has 3 aromatic rings. The summed E-state index contributed by atoms with van der Waals surface area (Å²) in [5, 5.41) is 11.6. The molecule has 0 bridgehead atoms. The summed E-state index contributed by atoms with van der Waals surface area (Å²) in [6, 6.07) is 15.5. The molecule has 1 aliphatic heterocycles. The second-order valence-electron chi connectivity index (χ2n) is 7.05. The standard InChI is InChI=1S/C21H23N5O/c1-15-7-3-4-10-18(15)22-21(27)16-8-5-9-17(13-16)26-14-19(23-24-26)20-11-6-12-25(20)2/h3-5,7-10,13-14,20H,6,11-12H2,1-2H3,(H,22,27). The molecule has 0 aliphatic carbocycles. The largest absolute Gasteiger partial charge is 0.322 e. The number of rotatable bonds is 4. The van der Waals surface area contributed by atoms with Crippen molar-refractivity contribution in [3.8, 4) is 5.69 Å². The van der Waals surface area contributed by atoms with Crippen LogP contribution in [0, 0.1) is 6.92 Å². The fourth-order valence-corrected chi connectivity index (χ4v) is 3.54. The van der Waals surface area contributed by atoms with Gasteiger partial charge in [0.1, 0.15) is 5.69 Å². The molecule has 0 radical (unpaired) electrons. The van der Waals surface area contributed by atoms with E-state index in [2.05, 4.69) is 27.6 Å². The fraction of sp³-hybridized carbons (Fsp3) is 0.286. The molecule has 1 atom stereocenters. The number of anilines is 1. The minimum atomic E-state index is -0.137. The van der Waals surface area contributed by atoms with Crippen LogP contribution in [0.5, 0.6) is 0 Å². The number of benzene rings is 2. The predicted molar refractivity (Wildman–Crippen MR) is 105 cm³/mol. The first-order valence-corrected chi connectivity index (χ1v) is 9.22. The molecule has 1 fully saturated rings. The highest BCUT2D eigenvalue weighted by Gasteiger charge is 2.25. The smallest absolute Gasteiger partial charge is 0.255 e. The summed E-state index contributed by atoms with van der Waals surface area (Å²) in [5.74, 6) is -0.137. The number of hydrogen-bond acceptors (Lipinski definition) is 4. The van der Waals surface area contributed by atoms with Crippen LogP contribution in [-0.2, 0) is 0 Å². The van der Waals surface area contributed by atoms with Crippen LogP contribution in [0.25, 0.3) is 5.69 Å². The van der Waals surface area contributed by atoms with E-state index in [0.717, 1.165) is 35.6 Å². The topological polar surface area (TPSA) is 63.1 Å². The number of nitrogens with zero attached hydrogens (tertiary/aromatic N) is 4. The molecule has 1 saturated heterocycles. The summed E-state index contributed by atoms with van der Waals surface area (Å²) in [6.07, 6.45) is 4.25. The van der Waals surface area contributed by atoms with Crippen molar-refractivity contribution in [2.24, 2.45) is 0 Å². The number of hydrogen-bond donors (Lipinski definition) is 1. The van der Waals surface area contributed by atoms with Gasteiger partial charge in [-0.1, -0.05) is 29.5 Å². The molecule has 2 aromatic carbocycles. The Kier molecular flexibility index (Phi) is 4.73. The lowest BCUT2D eigenvalue weighted by Gasteiger charge is -2.15. The van der Waals surface area contributed by atoms with Gasteiger partial charge >= 0.3 is 0 Å². The summed E-state index contributed by atoms with van der Waals surface area (Å²) >= 11 is 0. The number of likely N-dealkylation sites (tertiary alicyclic amines) is 1. The van der Waals surface area contributed by atoms with Gasteiger partial charge < -0.3 is 5.32 Å². The third-order valence-corrected chi connectivity index (χ3v) is 5.14. The number of amides is 1. The SMILES string of the molecule is Cc1ccccc1NC(=O)c1cccc(-n2cc(C3CCCN3C)nn2)c1. The number of carbonyl (C=O) groups excluding carboxylic acids is 1. The Hall–Kier alpha value is -2.99. The Morgan fingerprint density at radius 3 is 2.81 bits per heavy atom. The average Bonchev–Trinajstić information content (AvgIpc) is 3.32. The van der Waals surface area contributed by atoms with Crippen molar-refractivity contribution in [1.29, 1.82) is 0 Å². The quantitative estimate of drug-likeness (QED) is 0.771. The Morgan fingerprint density at radius 1 is 1.19 bits per heavy atom. The van der Waals surface area contributed by atoms with Gasteiger partial charge in [0.2, 0.25) is 0 Å². The maximum atomic E-state index is 12.6. The van der Waals surface area contributed by atoms with Gasteiger partial charge in [0.05, 0.1) is 17.9 Å². The lowest BCUT2D eigenvalue weighted by molar-refractivity contribution is 0.102. The summed E-state index contributed by atoms with van der Waals surface area (Å²) in [6.45, 7) is 3.06. The number of para-hydroxylation sites is 1. The molecule has 6 heteroatoms. The van der Waals surface area contributed by atoms with E-state index in [4.69, 9.17) is 0 Å². The number of carbonyl (C=O) groups is 1. The highest BCUT2D eigenvalue weighted by molar-refractivity contribution is 6.04. The molecule has 0 spiro atoms. The van der Waals surface area contributed by atoms with Gasteiger partial charge in [0.15, 0.2) is 0 Å². The lowest BCUT2D eigenvalue weighted by atomic mass is 10.1. The van der Waals surface area contributed by atoms with Gasteiger partial charge in [-0.15, -0.1) is 5.10 Å². The maximum absolute atomic E-state index is 12.6. The first-order chi connectivity index (χ1) is 13.1. The van der Waals surface area contributed by atoms with Gasteiger partial charge in [0.25, 0.3) is 5.91 Å². The van der Waals surface area contributed by atoms with E-state index < -0.39 is 0 Å². The minimum Gasteiger partial charge on any atom is -0.322 e. The molecule has 1 unspecified atom stereocenters. The van der Waals surface area contributed by atoms with E-state index in [0.29, 0.717) is 11.6 Å². The van der Waals surface area contributed by atoms with Crippen LogP contribution >= 0.6 is 0 Å². The second-order valence-corrected chi connectivity index (χ2v) is 7.05. The molecule has 6 nitrogen and oxygen atoms in total. The van der Waals surface area contributed by atoms with E-state index in [1.807, 2.05) is 55.6 Å². The van der Waals surface area contributed by atoms with Gasteiger partial charge in [-0.2, -0.15) is 0 Å². The van der Waals surface area contributed by atoms with Crippen LogP contribution in [0.1, 0.15) is 40.5 Å². The van der Waals surface area contributed by atoms with Crippen molar-refractivity contribution >= 4 is 11.6 Å². The predicted octanol–water partition coefficient (Wildman–Crippen LogP) is 3.59. The third-order valence-electron chi connectivity index (χ3n) is 5.14. The minimum absolute atomic E-state index is 0.137. The zero-order chi connectivity index (χ0) is 18.8. The van der Waals surface area contributed by atoms with Gasteiger partial charge in [-0.05, 0) is 63.2 Å². The average molecular weight is 361 g/mol. The number of aromatic nitrogens is 3. The Bertz CT molecular complexity index is 964. The summed E-state index contributed by atoms with van der Waals surface area (Å²) in [4.78, 5) is 15.0. The van der Waals surface area contributed by atoms with Crippen LogP contribution in [0.3, 0.4) is 0 Å². The van der Waals surface area contributed by atoms with Crippen LogP contribution < -0.4 is 5.32 Å². The molecule has 2 heterocycles. The summed E-state index contributed by atoms with van der Waals surface area (Å²) < 4.78 is 1.74.